The molecule has 0 spiro atoms. The highest BCUT2D eigenvalue weighted by atomic mass is 16.3. The van der Waals surface area contributed by atoms with E-state index in [9.17, 15) is 9.90 Å². The van der Waals surface area contributed by atoms with Gasteiger partial charge in [0.05, 0.1) is 11.6 Å². The second-order valence-corrected chi connectivity index (χ2v) is 4.61. The molecule has 1 aliphatic carbocycles. The van der Waals surface area contributed by atoms with E-state index in [1.165, 1.54) is 6.08 Å². The van der Waals surface area contributed by atoms with Gasteiger partial charge in [0.2, 0.25) is 5.91 Å². The second kappa shape index (κ2) is 5.55. The molecule has 4 heteroatoms. The van der Waals surface area contributed by atoms with Crippen molar-refractivity contribution in [2.75, 3.05) is 0 Å². The first kappa shape index (κ1) is 13.8. The number of nitrogens with zero attached hydrogens (tertiary/aromatic N) is 1. The molecule has 0 aromatic heterocycles. The molecule has 3 N–H and O–H groups in total. The maximum atomic E-state index is 10.8. The van der Waals surface area contributed by atoms with E-state index >= 15 is 0 Å². The summed E-state index contributed by atoms with van der Waals surface area (Å²) in [6.07, 6.45) is 7.94. The second-order valence-electron chi connectivity index (χ2n) is 4.61. The van der Waals surface area contributed by atoms with Gasteiger partial charge in [-0.25, -0.2) is 0 Å². The maximum Gasteiger partial charge on any atom is 0.241 e. The molecule has 0 saturated carbocycles. The smallest absolute Gasteiger partial charge is 0.241 e. The average molecular weight is 266 g/mol. The Bertz CT molecular complexity index is 665. The Hall–Kier alpha value is -2.64. The van der Waals surface area contributed by atoms with Crippen molar-refractivity contribution in [3.8, 4) is 6.07 Å². The minimum Gasteiger partial charge on any atom is -0.381 e. The van der Waals surface area contributed by atoms with Crippen LogP contribution in [0.25, 0.3) is 5.57 Å². The number of carbonyl (C=O) groups excluding carboxylic acids is 1. The summed E-state index contributed by atoms with van der Waals surface area (Å²) in [7, 11) is 0. The normalized spacial score (nSPS) is 21.5. The van der Waals surface area contributed by atoms with E-state index in [1.807, 2.05) is 18.2 Å². The number of aliphatic hydroxyl groups is 1. The Morgan fingerprint density at radius 1 is 1.45 bits per heavy atom. The van der Waals surface area contributed by atoms with Crippen LogP contribution in [0.1, 0.15) is 17.5 Å². The van der Waals surface area contributed by atoms with Gasteiger partial charge in [0, 0.05) is 12.5 Å². The minimum absolute atomic E-state index is 0.284. The van der Waals surface area contributed by atoms with E-state index in [4.69, 9.17) is 11.0 Å². The quantitative estimate of drug-likeness (QED) is 0.816. The Kier molecular flexibility index (Phi) is 3.83. The van der Waals surface area contributed by atoms with Gasteiger partial charge in [0.15, 0.2) is 0 Å². The third-order valence-corrected chi connectivity index (χ3v) is 3.09. The Balaban J connectivity index is 2.33. The van der Waals surface area contributed by atoms with Crippen LogP contribution in [0.15, 0.2) is 54.6 Å². The number of primary amides is 1. The van der Waals surface area contributed by atoms with Crippen molar-refractivity contribution in [3.05, 3.63) is 65.8 Å². The highest BCUT2D eigenvalue weighted by Crippen LogP contribution is 2.32. The zero-order chi connectivity index (χ0) is 14.6. The van der Waals surface area contributed by atoms with Gasteiger partial charge in [-0.2, -0.15) is 5.26 Å². The summed E-state index contributed by atoms with van der Waals surface area (Å²) in [5, 5.41) is 19.5. The molecule has 0 aliphatic heterocycles. The minimum atomic E-state index is -1.26. The van der Waals surface area contributed by atoms with Crippen LogP contribution in [-0.2, 0) is 4.79 Å². The molecule has 0 radical (unpaired) electrons. The Labute approximate surface area is 117 Å². The van der Waals surface area contributed by atoms with E-state index in [1.54, 1.807) is 24.3 Å². The third-order valence-electron chi connectivity index (χ3n) is 3.09. The van der Waals surface area contributed by atoms with E-state index in [-0.39, 0.29) is 6.42 Å². The lowest BCUT2D eigenvalue weighted by molar-refractivity contribution is -0.113. The van der Waals surface area contributed by atoms with E-state index in [2.05, 4.69) is 6.07 Å². The zero-order valence-electron chi connectivity index (χ0n) is 10.8. The molecule has 1 aromatic rings. The van der Waals surface area contributed by atoms with Gasteiger partial charge >= 0.3 is 0 Å². The zero-order valence-corrected chi connectivity index (χ0v) is 10.8. The van der Waals surface area contributed by atoms with Crippen molar-refractivity contribution >= 4 is 11.5 Å². The largest absolute Gasteiger partial charge is 0.381 e. The lowest BCUT2D eigenvalue weighted by atomic mass is 9.85. The number of nitrogens with two attached hydrogens (primary N) is 1. The van der Waals surface area contributed by atoms with Crippen molar-refractivity contribution in [1.29, 1.82) is 5.26 Å². The van der Waals surface area contributed by atoms with Gasteiger partial charge in [-0.3, -0.25) is 4.79 Å². The molecule has 20 heavy (non-hydrogen) atoms. The molecule has 1 aromatic carbocycles. The molecule has 1 atom stereocenters. The number of hydrogen-bond acceptors (Lipinski definition) is 3. The summed E-state index contributed by atoms with van der Waals surface area (Å²) in [6.45, 7) is 0. The fraction of sp³-hybridized carbons (Fsp3) is 0.125. The number of rotatable bonds is 3. The first-order chi connectivity index (χ1) is 9.54. The van der Waals surface area contributed by atoms with Gasteiger partial charge in [-0.15, -0.1) is 0 Å². The highest BCUT2D eigenvalue weighted by Gasteiger charge is 2.25. The SMILES string of the molecule is N#Cc1ccccc1C1=CC=CC(O)(C=CC(N)=O)C1. The van der Waals surface area contributed by atoms with Crippen LogP contribution in [0.2, 0.25) is 0 Å². The molecule has 100 valence electrons. The fourth-order valence-electron chi connectivity index (χ4n) is 2.14. The third kappa shape index (κ3) is 3.02. The van der Waals surface area contributed by atoms with E-state index < -0.39 is 11.5 Å². The van der Waals surface area contributed by atoms with Crippen LogP contribution in [0.5, 0.6) is 0 Å². The van der Waals surface area contributed by atoms with Crippen LogP contribution < -0.4 is 5.73 Å². The van der Waals surface area contributed by atoms with Gasteiger partial charge < -0.3 is 10.8 Å². The number of allylic oxidation sites excluding steroid dienone is 2. The average Bonchev–Trinajstić information content (AvgIpc) is 2.45. The first-order valence-electron chi connectivity index (χ1n) is 6.13. The molecule has 1 aliphatic rings. The predicted molar refractivity (Wildman–Crippen MR) is 76.2 cm³/mol. The van der Waals surface area contributed by atoms with Crippen LogP contribution in [0.4, 0.5) is 0 Å². The number of benzene rings is 1. The molecule has 0 saturated heterocycles. The van der Waals surface area contributed by atoms with Crippen molar-refractivity contribution in [2.45, 2.75) is 12.0 Å². The topological polar surface area (TPSA) is 87.1 Å². The van der Waals surface area contributed by atoms with Gasteiger partial charge in [-0.1, -0.05) is 30.4 Å². The highest BCUT2D eigenvalue weighted by molar-refractivity contribution is 5.86. The summed E-state index contributed by atoms with van der Waals surface area (Å²) in [6, 6.07) is 9.33. The molecule has 1 unspecified atom stereocenters. The van der Waals surface area contributed by atoms with Crippen molar-refractivity contribution in [2.24, 2.45) is 5.73 Å². The maximum absolute atomic E-state index is 10.8. The van der Waals surface area contributed by atoms with Crippen molar-refractivity contribution in [1.82, 2.24) is 0 Å². The van der Waals surface area contributed by atoms with Crippen molar-refractivity contribution < 1.29 is 9.90 Å². The van der Waals surface area contributed by atoms with Crippen LogP contribution in [0, 0.1) is 11.3 Å². The van der Waals surface area contributed by atoms with Gasteiger partial charge in [0.25, 0.3) is 0 Å². The molecular weight excluding hydrogens is 252 g/mol. The predicted octanol–water partition coefficient (Wildman–Crippen LogP) is 1.67. The fourth-order valence-corrected chi connectivity index (χ4v) is 2.14. The van der Waals surface area contributed by atoms with E-state index in [0.29, 0.717) is 5.56 Å². The molecular formula is C16H14N2O2. The lowest BCUT2D eigenvalue weighted by Crippen LogP contribution is -2.26. The Morgan fingerprint density at radius 2 is 2.20 bits per heavy atom. The summed E-state index contributed by atoms with van der Waals surface area (Å²) >= 11 is 0. The molecule has 1 amide bonds. The first-order valence-corrected chi connectivity index (χ1v) is 6.13. The summed E-state index contributed by atoms with van der Waals surface area (Å²) in [5.41, 5.74) is 5.95. The van der Waals surface area contributed by atoms with Crippen LogP contribution in [-0.4, -0.2) is 16.6 Å². The summed E-state index contributed by atoms with van der Waals surface area (Å²) in [4.78, 5) is 10.8. The Morgan fingerprint density at radius 3 is 2.90 bits per heavy atom. The standard InChI is InChI=1S/C16H14N2O2/c17-11-13-4-1-2-6-14(13)12-5-3-8-16(20,10-12)9-7-15(18)19/h1-9,20H,10H2,(H2,18,19). The van der Waals surface area contributed by atoms with Gasteiger partial charge in [0.1, 0.15) is 5.60 Å². The molecule has 0 fully saturated rings. The summed E-state index contributed by atoms with van der Waals surface area (Å²) < 4.78 is 0. The number of carbonyl (C=O) groups is 1. The van der Waals surface area contributed by atoms with Crippen LogP contribution >= 0.6 is 0 Å². The monoisotopic (exact) mass is 266 g/mol. The number of nitriles is 1. The molecule has 0 heterocycles. The molecule has 0 bridgehead atoms. The lowest BCUT2D eigenvalue weighted by Gasteiger charge is -2.25. The summed E-state index contributed by atoms with van der Waals surface area (Å²) in [5.74, 6) is -0.611. The van der Waals surface area contributed by atoms with E-state index in [0.717, 1.165) is 17.2 Å². The van der Waals surface area contributed by atoms with Crippen LogP contribution in [0.3, 0.4) is 0 Å². The molecule has 4 nitrogen and oxygen atoms in total. The number of hydrogen-bond donors (Lipinski definition) is 2. The van der Waals surface area contributed by atoms with Gasteiger partial charge in [-0.05, 0) is 29.4 Å². The number of amides is 1. The molecule has 2 rings (SSSR count). The van der Waals surface area contributed by atoms with Crippen molar-refractivity contribution in [3.63, 3.8) is 0 Å².